The van der Waals surface area contributed by atoms with Crippen molar-refractivity contribution in [2.45, 2.75) is 15.6 Å². The van der Waals surface area contributed by atoms with Gasteiger partial charge in [0.1, 0.15) is 5.52 Å². The van der Waals surface area contributed by atoms with E-state index in [2.05, 4.69) is 4.98 Å². The predicted octanol–water partition coefficient (Wildman–Crippen LogP) is 3.37. The molecule has 0 radical (unpaired) electrons. The van der Waals surface area contributed by atoms with Crippen LogP contribution in [0.4, 0.5) is 13.2 Å². The van der Waals surface area contributed by atoms with Crippen LogP contribution in [0.5, 0.6) is 0 Å². The number of halogens is 4. The molecule has 0 bridgehead atoms. The lowest BCUT2D eigenvalue weighted by Gasteiger charge is -2.04. The molecule has 0 atom stereocenters. The van der Waals surface area contributed by atoms with E-state index in [-0.39, 0.29) is 16.0 Å². The van der Waals surface area contributed by atoms with Crippen molar-refractivity contribution in [3.63, 3.8) is 0 Å². The Morgan fingerprint density at radius 1 is 1.33 bits per heavy atom. The van der Waals surface area contributed by atoms with E-state index in [0.717, 1.165) is 6.07 Å². The zero-order chi connectivity index (χ0) is 13.6. The first-order valence-electron chi connectivity index (χ1n) is 4.27. The summed E-state index contributed by atoms with van der Waals surface area (Å²) in [5.74, 6) is 0. The van der Waals surface area contributed by atoms with Gasteiger partial charge in [-0.1, -0.05) is 6.07 Å². The van der Waals surface area contributed by atoms with E-state index in [1.54, 1.807) is 0 Å². The van der Waals surface area contributed by atoms with Gasteiger partial charge in [0.2, 0.25) is 0 Å². The number of rotatable bonds is 2. The van der Waals surface area contributed by atoms with Gasteiger partial charge in [-0.2, -0.15) is 18.2 Å². The Kier molecular flexibility index (Phi) is 3.24. The third-order valence-electron chi connectivity index (χ3n) is 1.80. The fourth-order valence-corrected chi connectivity index (χ4v) is 2.44. The summed E-state index contributed by atoms with van der Waals surface area (Å²) in [6.07, 6.45) is 0. The van der Waals surface area contributed by atoms with Crippen LogP contribution in [0.3, 0.4) is 0 Å². The van der Waals surface area contributed by atoms with Crippen molar-refractivity contribution in [1.82, 2.24) is 4.98 Å². The molecule has 4 nitrogen and oxygen atoms in total. The molecule has 0 unspecified atom stereocenters. The SMILES string of the molecule is O=S(=O)(Cl)c1nc2c(SC(F)(F)F)cccc2o1. The summed E-state index contributed by atoms with van der Waals surface area (Å²) in [6.45, 7) is 0. The van der Waals surface area contributed by atoms with Gasteiger partial charge in [0, 0.05) is 15.6 Å². The highest BCUT2D eigenvalue weighted by molar-refractivity contribution is 8.13. The summed E-state index contributed by atoms with van der Waals surface area (Å²) >= 11 is -0.406. The smallest absolute Gasteiger partial charge is 0.427 e. The fraction of sp³-hybridized carbons (Fsp3) is 0.125. The molecule has 0 saturated heterocycles. The molecule has 0 saturated carbocycles. The van der Waals surface area contributed by atoms with Crippen LogP contribution in [0.15, 0.2) is 32.7 Å². The molecule has 18 heavy (non-hydrogen) atoms. The molecule has 2 rings (SSSR count). The number of thioether (sulfide) groups is 1. The van der Waals surface area contributed by atoms with Gasteiger partial charge in [-0.15, -0.1) is 0 Å². The molecule has 0 aliphatic rings. The molecular weight excluding hydrogens is 315 g/mol. The number of hydrogen-bond donors (Lipinski definition) is 0. The molecule has 0 amide bonds. The molecule has 0 spiro atoms. The van der Waals surface area contributed by atoms with Crippen LogP contribution >= 0.6 is 22.4 Å². The van der Waals surface area contributed by atoms with Crippen LogP contribution in [-0.4, -0.2) is 18.9 Å². The van der Waals surface area contributed by atoms with Crippen molar-refractivity contribution in [3.05, 3.63) is 18.2 Å². The van der Waals surface area contributed by atoms with Crippen molar-refractivity contribution < 1.29 is 26.0 Å². The number of alkyl halides is 3. The topological polar surface area (TPSA) is 60.2 Å². The highest BCUT2D eigenvalue weighted by Crippen LogP contribution is 2.40. The maximum Gasteiger partial charge on any atom is 0.446 e. The van der Waals surface area contributed by atoms with Gasteiger partial charge in [0.15, 0.2) is 5.58 Å². The Morgan fingerprint density at radius 2 is 2.00 bits per heavy atom. The molecule has 10 heteroatoms. The summed E-state index contributed by atoms with van der Waals surface area (Å²) in [6, 6.07) is 3.76. The highest BCUT2D eigenvalue weighted by atomic mass is 35.7. The number of fused-ring (bicyclic) bond motifs is 1. The zero-order valence-corrected chi connectivity index (χ0v) is 10.6. The third kappa shape index (κ3) is 2.90. The molecule has 1 aromatic carbocycles. The Morgan fingerprint density at radius 3 is 2.56 bits per heavy atom. The summed E-state index contributed by atoms with van der Waals surface area (Å²) in [4.78, 5) is 3.21. The third-order valence-corrected chi connectivity index (χ3v) is 3.57. The summed E-state index contributed by atoms with van der Waals surface area (Å²) in [5.41, 5.74) is -4.78. The minimum Gasteiger partial charge on any atom is -0.427 e. The summed E-state index contributed by atoms with van der Waals surface area (Å²) in [5, 5.41) is -0.825. The maximum atomic E-state index is 12.3. The van der Waals surface area contributed by atoms with Gasteiger partial charge >= 0.3 is 19.8 Å². The molecule has 0 aliphatic carbocycles. The summed E-state index contributed by atoms with van der Waals surface area (Å²) in [7, 11) is 0.781. The van der Waals surface area contributed by atoms with Crippen LogP contribution in [0.1, 0.15) is 0 Å². The molecule has 1 aromatic heterocycles. The first kappa shape index (κ1) is 13.5. The van der Waals surface area contributed by atoms with Gasteiger partial charge in [-0.3, -0.25) is 0 Å². The van der Waals surface area contributed by atoms with Crippen LogP contribution in [0.25, 0.3) is 11.1 Å². The number of nitrogens with zero attached hydrogens (tertiary/aromatic N) is 1. The van der Waals surface area contributed by atoms with Gasteiger partial charge in [-0.25, -0.2) is 8.42 Å². The van der Waals surface area contributed by atoms with Gasteiger partial charge in [0.25, 0.3) is 0 Å². The van der Waals surface area contributed by atoms with E-state index >= 15 is 0 Å². The Hall–Kier alpha value is -0.930. The minimum atomic E-state index is -4.51. The Balaban J connectivity index is 2.60. The number of benzene rings is 1. The Labute approximate surface area is 108 Å². The van der Waals surface area contributed by atoms with Crippen molar-refractivity contribution in [1.29, 1.82) is 0 Å². The second-order valence-electron chi connectivity index (χ2n) is 3.07. The predicted molar refractivity (Wildman–Crippen MR) is 59.0 cm³/mol. The molecule has 1 heterocycles. The number of hydrogen-bond acceptors (Lipinski definition) is 5. The maximum absolute atomic E-state index is 12.3. The lowest BCUT2D eigenvalue weighted by molar-refractivity contribution is -0.0327. The fourth-order valence-electron chi connectivity index (χ4n) is 1.21. The van der Waals surface area contributed by atoms with E-state index in [0.29, 0.717) is 0 Å². The minimum absolute atomic E-state index is 0.0801. The lowest BCUT2D eigenvalue weighted by atomic mass is 10.3. The van der Waals surface area contributed by atoms with E-state index in [4.69, 9.17) is 15.1 Å². The first-order valence-corrected chi connectivity index (χ1v) is 7.39. The quantitative estimate of drug-likeness (QED) is 0.628. The number of para-hydroxylation sites is 1. The van der Waals surface area contributed by atoms with Gasteiger partial charge in [0.05, 0.1) is 0 Å². The van der Waals surface area contributed by atoms with Gasteiger partial charge in [-0.05, 0) is 23.9 Å². The second kappa shape index (κ2) is 4.32. The molecule has 0 aliphatic heterocycles. The largest absolute Gasteiger partial charge is 0.446 e. The number of oxazole rings is 1. The van der Waals surface area contributed by atoms with Crippen molar-refractivity contribution in [3.8, 4) is 0 Å². The molecule has 0 fully saturated rings. The van der Waals surface area contributed by atoms with E-state index in [1.165, 1.54) is 12.1 Å². The highest BCUT2D eigenvalue weighted by Gasteiger charge is 2.31. The Bertz CT molecular complexity index is 695. The van der Waals surface area contributed by atoms with Crippen molar-refractivity contribution >= 4 is 42.6 Å². The van der Waals surface area contributed by atoms with Crippen LogP contribution in [0, 0.1) is 0 Å². The standard InChI is InChI=1S/C8H3ClF3NO3S2/c9-18(14,15)7-13-6-4(16-7)2-1-3-5(6)17-8(10,11)12/h1-3H. The molecule has 0 N–H and O–H groups in total. The second-order valence-corrected chi connectivity index (χ2v) is 6.62. The summed E-state index contributed by atoms with van der Waals surface area (Å²) < 4.78 is 63.5. The normalized spacial score (nSPS) is 13.1. The van der Waals surface area contributed by atoms with Gasteiger partial charge < -0.3 is 4.42 Å². The van der Waals surface area contributed by atoms with Crippen LogP contribution in [0.2, 0.25) is 0 Å². The van der Waals surface area contributed by atoms with Crippen LogP contribution in [-0.2, 0) is 9.05 Å². The molecule has 2 aromatic rings. The van der Waals surface area contributed by atoms with Crippen molar-refractivity contribution in [2.75, 3.05) is 0 Å². The average Bonchev–Trinajstić information content (AvgIpc) is 2.59. The van der Waals surface area contributed by atoms with Crippen molar-refractivity contribution in [2.24, 2.45) is 0 Å². The monoisotopic (exact) mass is 317 g/mol. The van der Waals surface area contributed by atoms with E-state index in [1.807, 2.05) is 0 Å². The lowest BCUT2D eigenvalue weighted by Crippen LogP contribution is -1.99. The van der Waals surface area contributed by atoms with E-state index in [9.17, 15) is 21.6 Å². The first-order chi connectivity index (χ1) is 8.17. The molecule has 98 valence electrons. The van der Waals surface area contributed by atoms with Crippen LogP contribution < -0.4 is 0 Å². The molecular formula is C8H3ClF3NO3S2. The zero-order valence-electron chi connectivity index (χ0n) is 8.23. The van der Waals surface area contributed by atoms with E-state index < -0.39 is 31.5 Å². The average molecular weight is 318 g/mol. The number of aromatic nitrogens is 1.